The molecule has 2 aromatic heterocycles. The highest BCUT2D eigenvalue weighted by Crippen LogP contribution is 2.41. The number of imide groups is 1. The predicted octanol–water partition coefficient (Wildman–Crippen LogP) is 3.95. The fourth-order valence-electron chi connectivity index (χ4n) is 5.93. The lowest BCUT2D eigenvalue weighted by Gasteiger charge is -2.41. The van der Waals surface area contributed by atoms with Gasteiger partial charge in [0.2, 0.25) is 5.91 Å². The highest BCUT2D eigenvalue weighted by atomic mass is 32.1. The van der Waals surface area contributed by atoms with E-state index in [9.17, 15) is 14.4 Å². The third-order valence-corrected chi connectivity index (χ3v) is 8.74. The van der Waals surface area contributed by atoms with Crippen LogP contribution >= 0.6 is 11.3 Å². The molecule has 1 saturated carbocycles. The fraction of sp³-hybridized carbons (Fsp3) is 0.538. The first-order valence-corrected chi connectivity index (χ1v) is 13.3. The molecule has 1 N–H and O–H groups in total. The van der Waals surface area contributed by atoms with Crippen molar-refractivity contribution < 1.29 is 14.4 Å². The number of hydrogen-bond acceptors (Lipinski definition) is 5. The summed E-state index contributed by atoms with van der Waals surface area (Å²) < 4.78 is 0. The lowest BCUT2D eigenvalue weighted by molar-refractivity contribution is -0.136. The summed E-state index contributed by atoms with van der Waals surface area (Å²) in [5, 5.41) is 5.09. The molecule has 3 fully saturated rings. The van der Waals surface area contributed by atoms with Gasteiger partial charge in [0, 0.05) is 48.9 Å². The van der Waals surface area contributed by atoms with Crippen molar-refractivity contribution in [1.82, 2.24) is 20.1 Å². The Bertz CT molecular complexity index is 1010. The molecule has 0 bridgehead atoms. The zero-order valence-electron chi connectivity index (χ0n) is 19.4. The Morgan fingerprint density at radius 3 is 2.59 bits per heavy atom. The highest BCUT2D eigenvalue weighted by molar-refractivity contribution is 7.09. The van der Waals surface area contributed by atoms with Crippen molar-refractivity contribution in [3.63, 3.8) is 0 Å². The topological polar surface area (TPSA) is 82.6 Å². The maximum absolute atomic E-state index is 13.9. The highest BCUT2D eigenvalue weighted by Gasteiger charge is 2.57. The number of nitrogens with one attached hydrogen (secondary N) is 1. The van der Waals surface area contributed by atoms with Crippen LogP contribution in [0.2, 0.25) is 0 Å². The van der Waals surface area contributed by atoms with Gasteiger partial charge in [-0.15, -0.1) is 11.3 Å². The number of carbonyl (C=O) groups is 3. The molecule has 2 saturated heterocycles. The van der Waals surface area contributed by atoms with E-state index in [2.05, 4.69) is 10.3 Å². The fourth-order valence-corrected chi connectivity index (χ4v) is 6.63. The second kappa shape index (κ2) is 9.86. The molecule has 34 heavy (non-hydrogen) atoms. The van der Waals surface area contributed by atoms with Gasteiger partial charge in [-0.25, -0.2) is 4.79 Å². The number of urea groups is 1. The average molecular weight is 481 g/mol. The Morgan fingerprint density at radius 1 is 1.12 bits per heavy atom. The first-order chi connectivity index (χ1) is 16.6. The molecule has 2 aromatic rings. The Balaban J connectivity index is 1.32. The molecule has 2 aliphatic heterocycles. The third-order valence-electron chi connectivity index (χ3n) is 7.81. The molecule has 0 unspecified atom stereocenters. The maximum atomic E-state index is 13.9. The molecule has 0 spiro atoms. The maximum Gasteiger partial charge on any atom is 0.325 e. The molecule has 7 nitrogen and oxygen atoms in total. The second-order valence-electron chi connectivity index (χ2n) is 9.78. The SMILES string of the molecule is O=C(CC1CCCC1)N1CCC([C@@]2(c3cccnc3)NC(=O)N(CCc3cccs3)C2=O)CC1. The van der Waals surface area contributed by atoms with Crippen LogP contribution in [0.4, 0.5) is 4.79 Å². The molecule has 0 aromatic carbocycles. The summed E-state index contributed by atoms with van der Waals surface area (Å²) in [4.78, 5) is 48.5. The van der Waals surface area contributed by atoms with Crippen LogP contribution in [-0.4, -0.2) is 52.3 Å². The molecule has 1 aliphatic carbocycles. The normalized spacial score (nSPS) is 24.1. The number of amides is 4. The van der Waals surface area contributed by atoms with Gasteiger partial charge in [0.25, 0.3) is 5.91 Å². The van der Waals surface area contributed by atoms with Gasteiger partial charge >= 0.3 is 6.03 Å². The number of piperidine rings is 1. The summed E-state index contributed by atoms with van der Waals surface area (Å²) in [6.45, 7) is 1.60. The Labute approximate surface area is 204 Å². The monoisotopic (exact) mass is 480 g/mol. The number of nitrogens with zero attached hydrogens (tertiary/aromatic N) is 3. The molecule has 4 heterocycles. The van der Waals surface area contributed by atoms with Crippen LogP contribution in [0.15, 0.2) is 42.0 Å². The minimum Gasteiger partial charge on any atom is -0.343 e. The number of aromatic nitrogens is 1. The van der Waals surface area contributed by atoms with Gasteiger partial charge in [-0.05, 0) is 61.5 Å². The van der Waals surface area contributed by atoms with Crippen molar-refractivity contribution >= 4 is 29.2 Å². The number of rotatable bonds is 7. The lowest BCUT2D eigenvalue weighted by Crippen LogP contribution is -2.54. The zero-order valence-corrected chi connectivity index (χ0v) is 20.3. The van der Waals surface area contributed by atoms with Gasteiger partial charge in [-0.3, -0.25) is 19.5 Å². The summed E-state index contributed by atoms with van der Waals surface area (Å²) in [5.74, 6) is 0.480. The molecular formula is C26H32N4O3S. The number of thiophene rings is 1. The summed E-state index contributed by atoms with van der Waals surface area (Å²) in [6, 6.07) is 7.35. The third kappa shape index (κ3) is 4.35. The van der Waals surface area contributed by atoms with Crippen LogP contribution in [0.1, 0.15) is 55.4 Å². The van der Waals surface area contributed by atoms with E-state index in [1.54, 1.807) is 23.7 Å². The van der Waals surface area contributed by atoms with E-state index in [-0.39, 0.29) is 23.8 Å². The lowest BCUT2D eigenvalue weighted by atomic mass is 9.73. The Kier molecular flexibility index (Phi) is 6.68. The largest absolute Gasteiger partial charge is 0.343 e. The number of carbonyl (C=O) groups excluding carboxylic acids is 3. The predicted molar refractivity (Wildman–Crippen MR) is 130 cm³/mol. The average Bonchev–Trinajstić information content (AvgIpc) is 3.61. The molecule has 3 aliphatic rings. The molecule has 4 amide bonds. The van der Waals surface area contributed by atoms with Crippen molar-refractivity contribution in [3.8, 4) is 0 Å². The smallest absolute Gasteiger partial charge is 0.325 e. The van der Waals surface area contributed by atoms with E-state index in [4.69, 9.17) is 0 Å². The molecule has 5 rings (SSSR count). The Morgan fingerprint density at radius 2 is 1.91 bits per heavy atom. The van der Waals surface area contributed by atoms with Crippen LogP contribution in [0.3, 0.4) is 0 Å². The van der Waals surface area contributed by atoms with Gasteiger partial charge < -0.3 is 10.2 Å². The van der Waals surface area contributed by atoms with E-state index in [1.165, 1.54) is 17.7 Å². The van der Waals surface area contributed by atoms with Crippen LogP contribution in [0.5, 0.6) is 0 Å². The summed E-state index contributed by atoms with van der Waals surface area (Å²) >= 11 is 1.63. The molecule has 1 atom stereocenters. The van der Waals surface area contributed by atoms with Crippen LogP contribution in [-0.2, 0) is 21.5 Å². The van der Waals surface area contributed by atoms with Crippen molar-refractivity contribution in [1.29, 1.82) is 0 Å². The van der Waals surface area contributed by atoms with Crippen LogP contribution in [0.25, 0.3) is 0 Å². The van der Waals surface area contributed by atoms with Crippen molar-refractivity contribution in [2.75, 3.05) is 19.6 Å². The van der Waals surface area contributed by atoms with Crippen molar-refractivity contribution in [3.05, 3.63) is 52.5 Å². The first-order valence-electron chi connectivity index (χ1n) is 12.4. The van der Waals surface area contributed by atoms with Gasteiger partial charge in [-0.2, -0.15) is 0 Å². The van der Waals surface area contributed by atoms with Crippen LogP contribution in [0, 0.1) is 11.8 Å². The Hall–Kier alpha value is -2.74. The minimum atomic E-state index is -1.12. The van der Waals surface area contributed by atoms with E-state index in [1.807, 2.05) is 34.5 Å². The quantitative estimate of drug-likeness (QED) is 0.609. The number of likely N-dealkylation sites (tertiary alicyclic amines) is 1. The van der Waals surface area contributed by atoms with E-state index < -0.39 is 5.54 Å². The number of hydrogen-bond donors (Lipinski definition) is 1. The van der Waals surface area contributed by atoms with Crippen molar-refractivity contribution in [2.45, 2.75) is 56.9 Å². The minimum absolute atomic E-state index is 0.0876. The van der Waals surface area contributed by atoms with Gasteiger partial charge in [0.05, 0.1) is 0 Å². The molecular weight excluding hydrogens is 448 g/mol. The van der Waals surface area contributed by atoms with Crippen molar-refractivity contribution in [2.24, 2.45) is 11.8 Å². The molecule has 8 heteroatoms. The van der Waals surface area contributed by atoms with Gasteiger partial charge in [0.1, 0.15) is 0 Å². The standard InChI is InChI=1S/C26H32N4O3S/c31-23(17-19-5-1-2-6-19)29-13-9-20(10-14-29)26(21-7-3-12-27-18-21)24(32)30(25(33)28-26)15-11-22-8-4-16-34-22/h3-4,7-8,12,16,18-20H,1-2,5-6,9-11,13-15,17H2,(H,28,33)/t26-/m0/s1. The summed E-state index contributed by atoms with van der Waals surface area (Å²) in [6.07, 6.45) is 10.8. The summed E-state index contributed by atoms with van der Waals surface area (Å²) in [5.41, 5.74) is -0.399. The first kappa shape index (κ1) is 23.0. The van der Waals surface area contributed by atoms with Crippen LogP contribution < -0.4 is 5.32 Å². The van der Waals surface area contributed by atoms with Gasteiger partial charge in [0.15, 0.2) is 5.54 Å². The number of pyridine rings is 1. The molecule has 0 radical (unpaired) electrons. The van der Waals surface area contributed by atoms with E-state index in [0.29, 0.717) is 51.2 Å². The zero-order chi connectivity index (χ0) is 23.5. The van der Waals surface area contributed by atoms with E-state index >= 15 is 0 Å². The summed E-state index contributed by atoms with van der Waals surface area (Å²) in [7, 11) is 0. The second-order valence-corrected chi connectivity index (χ2v) is 10.8. The molecule has 180 valence electrons. The van der Waals surface area contributed by atoms with E-state index in [0.717, 1.165) is 23.3 Å². The van der Waals surface area contributed by atoms with Gasteiger partial charge in [-0.1, -0.05) is 25.0 Å².